The first-order chi connectivity index (χ1) is 11.7. The van der Waals surface area contributed by atoms with Gasteiger partial charge in [-0.2, -0.15) is 4.31 Å². The summed E-state index contributed by atoms with van der Waals surface area (Å²) < 4.78 is 26.0. The number of sulfonamides is 1. The molecule has 0 unspecified atom stereocenters. The van der Waals surface area contributed by atoms with E-state index in [1.54, 1.807) is 0 Å². The second kappa shape index (κ2) is 7.85. The maximum atomic E-state index is 12.6. The Labute approximate surface area is 148 Å². The Hall–Kier alpha value is -2.11. The number of benzene rings is 1. The number of rotatable bonds is 7. The number of nitrogens with one attached hydrogen (secondary N) is 1. The van der Waals surface area contributed by atoms with E-state index in [1.807, 2.05) is 0 Å². The van der Waals surface area contributed by atoms with Crippen LogP contribution >= 0.6 is 11.8 Å². The van der Waals surface area contributed by atoms with Gasteiger partial charge in [0.2, 0.25) is 15.9 Å². The zero-order valence-electron chi connectivity index (χ0n) is 12.9. The lowest BCUT2D eigenvalue weighted by atomic mass is 10.2. The molecular weight excluding hydrogens is 372 g/mol. The van der Waals surface area contributed by atoms with E-state index >= 15 is 0 Å². The van der Waals surface area contributed by atoms with Gasteiger partial charge in [-0.25, -0.2) is 13.2 Å². The molecule has 1 aromatic carbocycles. The van der Waals surface area contributed by atoms with Gasteiger partial charge < -0.3 is 15.5 Å². The molecule has 1 aliphatic rings. The van der Waals surface area contributed by atoms with Crippen molar-refractivity contribution in [3.63, 3.8) is 0 Å². The van der Waals surface area contributed by atoms with E-state index in [1.165, 1.54) is 24.3 Å². The molecule has 0 spiro atoms. The van der Waals surface area contributed by atoms with E-state index in [2.05, 4.69) is 5.32 Å². The SMILES string of the molecule is O=C(O)CCC(=O)Nc1ccc(S(=O)(=O)N2CCS[C@H]2C(=O)O)cc1. The maximum Gasteiger partial charge on any atom is 0.332 e. The molecule has 9 nitrogen and oxygen atoms in total. The molecule has 2 rings (SSSR count). The topological polar surface area (TPSA) is 141 Å². The summed E-state index contributed by atoms with van der Waals surface area (Å²) in [7, 11) is -3.96. The number of carbonyl (C=O) groups excluding carboxylic acids is 1. The molecular formula is C14H16N2O7S2. The summed E-state index contributed by atoms with van der Waals surface area (Å²) in [6, 6.07) is 5.27. The Morgan fingerprint density at radius 2 is 1.80 bits per heavy atom. The van der Waals surface area contributed by atoms with Crippen molar-refractivity contribution in [2.75, 3.05) is 17.6 Å². The van der Waals surface area contributed by atoms with Gasteiger partial charge in [0.05, 0.1) is 11.3 Å². The monoisotopic (exact) mass is 388 g/mol. The summed E-state index contributed by atoms with van der Waals surface area (Å²) >= 11 is 1.04. The lowest BCUT2D eigenvalue weighted by molar-refractivity contribution is -0.139. The lowest BCUT2D eigenvalue weighted by Crippen LogP contribution is -2.39. The van der Waals surface area contributed by atoms with Gasteiger partial charge in [0.15, 0.2) is 5.37 Å². The van der Waals surface area contributed by atoms with Crippen LogP contribution in [-0.2, 0) is 24.4 Å². The van der Waals surface area contributed by atoms with Gasteiger partial charge in [0.25, 0.3) is 0 Å². The largest absolute Gasteiger partial charge is 0.481 e. The Balaban J connectivity index is 2.09. The molecule has 1 amide bonds. The molecule has 11 heteroatoms. The van der Waals surface area contributed by atoms with Gasteiger partial charge in [-0.05, 0) is 24.3 Å². The predicted molar refractivity (Wildman–Crippen MR) is 89.7 cm³/mol. The molecule has 0 aliphatic carbocycles. The fourth-order valence-corrected chi connectivity index (χ4v) is 5.19. The highest BCUT2D eigenvalue weighted by atomic mass is 32.2. The first kappa shape index (κ1) is 19.2. The summed E-state index contributed by atoms with van der Waals surface area (Å²) in [5.41, 5.74) is 0.319. The van der Waals surface area contributed by atoms with E-state index in [4.69, 9.17) is 10.2 Å². The molecule has 0 aromatic heterocycles. The molecule has 0 bridgehead atoms. The number of amides is 1. The van der Waals surface area contributed by atoms with Crippen LogP contribution in [0, 0.1) is 0 Å². The number of carboxylic acid groups (broad SMARTS) is 2. The van der Waals surface area contributed by atoms with Crippen LogP contribution < -0.4 is 5.32 Å². The quantitative estimate of drug-likeness (QED) is 0.618. The van der Waals surface area contributed by atoms with Gasteiger partial charge in [-0.15, -0.1) is 11.8 Å². The normalized spacial score (nSPS) is 18.0. The zero-order valence-corrected chi connectivity index (χ0v) is 14.5. The number of nitrogens with zero attached hydrogens (tertiary/aromatic N) is 1. The smallest absolute Gasteiger partial charge is 0.332 e. The standard InChI is InChI=1S/C14H16N2O7S2/c17-11(5-6-12(18)19)15-9-1-3-10(4-2-9)25(22,23)16-7-8-24-13(16)14(20)21/h1-4,13H,5-8H2,(H,15,17)(H,18,19)(H,20,21)/t13-/m0/s1. The number of hydrogen-bond donors (Lipinski definition) is 3. The van der Waals surface area contributed by atoms with Crippen molar-refractivity contribution < 1.29 is 33.0 Å². The molecule has 136 valence electrons. The van der Waals surface area contributed by atoms with Crippen LogP contribution in [0.3, 0.4) is 0 Å². The van der Waals surface area contributed by atoms with E-state index in [0.717, 1.165) is 16.1 Å². The van der Waals surface area contributed by atoms with Crippen molar-refractivity contribution in [2.24, 2.45) is 0 Å². The average Bonchev–Trinajstić information content (AvgIpc) is 3.04. The fraction of sp³-hybridized carbons (Fsp3) is 0.357. The summed E-state index contributed by atoms with van der Waals surface area (Å²) in [5.74, 6) is -2.41. The van der Waals surface area contributed by atoms with Gasteiger partial charge in [-0.1, -0.05) is 0 Å². The number of anilines is 1. The van der Waals surface area contributed by atoms with Crippen LogP contribution in [0.4, 0.5) is 5.69 Å². The van der Waals surface area contributed by atoms with Gasteiger partial charge in [-0.3, -0.25) is 9.59 Å². The second-order valence-electron chi connectivity index (χ2n) is 5.14. The third kappa shape index (κ3) is 4.71. The number of aliphatic carboxylic acids is 2. The third-order valence-corrected chi connectivity index (χ3v) is 6.57. The van der Waals surface area contributed by atoms with Crippen molar-refractivity contribution in [3.8, 4) is 0 Å². The Morgan fingerprint density at radius 3 is 2.36 bits per heavy atom. The van der Waals surface area contributed by atoms with Crippen LogP contribution in [0.2, 0.25) is 0 Å². The number of carbonyl (C=O) groups is 3. The summed E-state index contributed by atoms with van der Waals surface area (Å²) in [5, 5.41) is 18.9. The van der Waals surface area contributed by atoms with Crippen LogP contribution in [-0.4, -0.2) is 58.5 Å². The van der Waals surface area contributed by atoms with Crippen LogP contribution in [0.25, 0.3) is 0 Å². The summed E-state index contributed by atoms with van der Waals surface area (Å²) in [4.78, 5) is 33.1. The van der Waals surface area contributed by atoms with E-state index in [0.29, 0.717) is 11.4 Å². The molecule has 25 heavy (non-hydrogen) atoms. The van der Waals surface area contributed by atoms with Crippen LogP contribution in [0.15, 0.2) is 29.2 Å². The van der Waals surface area contributed by atoms with Crippen LogP contribution in [0.5, 0.6) is 0 Å². The molecule has 0 saturated carbocycles. The second-order valence-corrected chi connectivity index (χ2v) is 8.22. The first-order valence-corrected chi connectivity index (χ1v) is 9.68. The zero-order chi connectivity index (χ0) is 18.6. The average molecular weight is 388 g/mol. The van der Waals surface area contributed by atoms with Gasteiger partial charge >= 0.3 is 11.9 Å². The molecule has 1 heterocycles. The van der Waals surface area contributed by atoms with E-state index in [9.17, 15) is 22.8 Å². The Kier molecular flexibility index (Phi) is 6.03. The Bertz CT molecular complexity index is 777. The molecule has 1 saturated heterocycles. The van der Waals surface area contributed by atoms with Crippen molar-refractivity contribution in [3.05, 3.63) is 24.3 Å². The molecule has 0 radical (unpaired) electrons. The highest BCUT2D eigenvalue weighted by molar-refractivity contribution is 8.02. The van der Waals surface area contributed by atoms with Gasteiger partial charge in [0, 0.05) is 24.4 Å². The highest BCUT2D eigenvalue weighted by Gasteiger charge is 2.40. The molecule has 1 aromatic rings. The minimum Gasteiger partial charge on any atom is -0.481 e. The van der Waals surface area contributed by atoms with Crippen molar-refractivity contribution in [2.45, 2.75) is 23.1 Å². The first-order valence-electron chi connectivity index (χ1n) is 7.20. The van der Waals surface area contributed by atoms with Crippen molar-refractivity contribution in [1.82, 2.24) is 4.31 Å². The van der Waals surface area contributed by atoms with E-state index in [-0.39, 0.29) is 24.3 Å². The Morgan fingerprint density at radius 1 is 1.16 bits per heavy atom. The van der Waals surface area contributed by atoms with Crippen molar-refractivity contribution in [1.29, 1.82) is 0 Å². The minimum atomic E-state index is -3.96. The lowest BCUT2D eigenvalue weighted by Gasteiger charge is -2.20. The fourth-order valence-electron chi connectivity index (χ4n) is 2.18. The molecule has 1 aliphatic heterocycles. The van der Waals surface area contributed by atoms with Crippen molar-refractivity contribution >= 4 is 45.3 Å². The predicted octanol–water partition coefficient (Wildman–Crippen LogP) is 0.638. The minimum absolute atomic E-state index is 0.0789. The number of carboxylic acids is 2. The third-order valence-electron chi connectivity index (χ3n) is 3.37. The van der Waals surface area contributed by atoms with E-state index < -0.39 is 33.2 Å². The van der Waals surface area contributed by atoms with Crippen LogP contribution in [0.1, 0.15) is 12.8 Å². The molecule has 3 N–H and O–H groups in total. The summed E-state index contributed by atoms with van der Waals surface area (Å²) in [6.07, 6.45) is -0.498. The maximum absolute atomic E-state index is 12.6. The number of hydrogen-bond acceptors (Lipinski definition) is 6. The molecule has 1 fully saturated rings. The molecule has 1 atom stereocenters. The van der Waals surface area contributed by atoms with Gasteiger partial charge in [0.1, 0.15) is 0 Å². The highest BCUT2D eigenvalue weighted by Crippen LogP contribution is 2.30. The summed E-state index contributed by atoms with van der Waals surface area (Å²) in [6.45, 7) is 0.109. The number of thioether (sulfide) groups is 1.